The smallest absolute Gasteiger partial charge is 0.269 e. The highest BCUT2D eigenvalue weighted by atomic mass is 35.5. The molecule has 1 aromatic rings. The Kier molecular flexibility index (Phi) is 7.32. The first kappa shape index (κ1) is 15.9. The van der Waals surface area contributed by atoms with E-state index in [0.717, 1.165) is 0 Å². The maximum atomic E-state index is 10.3. The average Bonchev–Trinajstić information content (AvgIpc) is 2.17. The van der Waals surface area contributed by atoms with Crippen LogP contribution in [-0.4, -0.2) is 16.7 Å². The van der Waals surface area contributed by atoms with E-state index >= 15 is 0 Å². The number of carbonyl (C=O) groups is 1. The molecule has 0 radical (unpaired) electrons. The van der Waals surface area contributed by atoms with Gasteiger partial charge in [0, 0.05) is 12.1 Å². The van der Waals surface area contributed by atoms with Crippen LogP contribution in [0, 0.1) is 10.1 Å². The van der Waals surface area contributed by atoms with Crippen molar-refractivity contribution in [2.75, 3.05) is 0 Å². The molecular formula is C8H11ClN2O4. The van der Waals surface area contributed by atoms with Crippen LogP contribution < -0.4 is 5.73 Å². The molecule has 1 unspecified atom stereocenters. The molecule has 84 valence electrons. The van der Waals surface area contributed by atoms with Crippen molar-refractivity contribution in [1.82, 2.24) is 0 Å². The average molecular weight is 235 g/mol. The maximum absolute atomic E-state index is 10.3. The van der Waals surface area contributed by atoms with E-state index in [1.165, 1.54) is 24.3 Å². The molecule has 0 spiro atoms. The molecule has 1 aromatic carbocycles. The molecule has 1 rings (SSSR count). The standard InChI is InChI=1S/C8H8N2O3.ClH.H2O/c9-8(5-11)6-1-3-7(4-2-6)10(12)13;;/h1-5,8H,9H2;1H;1H2. The molecular weight excluding hydrogens is 224 g/mol. The number of benzene rings is 1. The van der Waals surface area contributed by atoms with Gasteiger partial charge in [0.15, 0.2) is 0 Å². The van der Waals surface area contributed by atoms with Crippen LogP contribution in [0.25, 0.3) is 0 Å². The summed E-state index contributed by atoms with van der Waals surface area (Å²) in [6.07, 6.45) is 0.584. The van der Waals surface area contributed by atoms with Crippen LogP contribution in [0.5, 0.6) is 0 Å². The fraction of sp³-hybridized carbons (Fsp3) is 0.125. The fourth-order valence-electron chi connectivity index (χ4n) is 0.897. The van der Waals surface area contributed by atoms with Gasteiger partial charge in [-0.1, -0.05) is 12.1 Å². The van der Waals surface area contributed by atoms with Gasteiger partial charge in [-0.3, -0.25) is 10.1 Å². The molecule has 7 heteroatoms. The monoisotopic (exact) mass is 234 g/mol. The van der Waals surface area contributed by atoms with E-state index in [9.17, 15) is 14.9 Å². The molecule has 0 heterocycles. The van der Waals surface area contributed by atoms with E-state index in [4.69, 9.17) is 5.73 Å². The number of nitrogens with zero attached hydrogens (tertiary/aromatic N) is 1. The zero-order chi connectivity index (χ0) is 9.84. The van der Waals surface area contributed by atoms with Crippen LogP contribution in [0.15, 0.2) is 24.3 Å². The first-order valence-corrected chi connectivity index (χ1v) is 3.60. The Morgan fingerprint density at radius 2 is 1.80 bits per heavy atom. The summed E-state index contributed by atoms with van der Waals surface area (Å²) < 4.78 is 0. The number of aldehydes is 1. The third-order valence-electron chi connectivity index (χ3n) is 1.64. The van der Waals surface area contributed by atoms with Crippen LogP contribution in [0.1, 0.15) is 11.6 Å². The van der Waals surface area contributed by atoms with Gasteiger partial charge in [-0.25, -0.2) is 0 Å². The van der Waals surface area contributed by atoms with Crippen molar-refractivity contribution in [2.45, 2.75) is 6.04 Å². The first-order chi connectivity index (χ1) is 6.15. The van der Waals surface area contributed by atoms with Gasteiger partial charge in [0.1, 0.15) is 6.29 Å². The molecule has 0 bridgehead atoms. The number of hydrogen-bond donors (Lipinski definition) is 1. The van der Waals surface area contributed by atoms with Crippen molar-refractivity contribution in [3.05, 3.63) is 39.9 Å². The van der Waals surface area contributed by atoms with Crippen molar-refractivity contribution < 1.29 is 15.2 Å². The van der Waals surface area contributed by atoms with Crippen molar-refractivity contribution in [1.29, 1.82) is 0 Å². The maximum Gasteiger partial charge on any atom is 0.269 e. The number of nitro benzene ring substituents is 1. The van der Waals surface area contributed by atoms with Crippen LogP contribution in [-0.2, 0) is 4.79 Å². The molecule has 0 aliphatic rings. The van der Waals surface area contributed by atoms with E-state index in [2.05, 4.69) is 0 Å². The SMILES string of the molecule is Cl.NC(C=O)c1ccc([N+](=O)[O-])cc1.O. The minimum Gasteiger partial charge on any atom is -0.412 e. The Morgan fingerprint density at radius 3 is 2.13 bits per heavy atom. The van der Waals surface area contributed by atoms with E-state index < -0.39 is 11.0 Å². The van der Waals surface area contributed by atoms with E-state index in [0.29, 0.717) is 11.8 Å². The lowest BCUT2D eigenvalue weighted by Gasteiger charge is -2.02. The topological polar surface area (TPSA) is 118 Å². The highest BCUT2D eigenvalue weighted by Crippen LogP contribution is 2.14. The van der Waals surface area contributed by atoms with E-state index in [1.54, 1.807) is 0 Å². The third-order valence-corrected chi connectivity index (χ3v) is 1.64. The van der Waals surface area contributed by atoms with Crippen LogP contribution in [0.3, 0.4) is 0 Å². The fourth-order valence-corrected chi connectivity index (χ4v) is 0.897. The normalized spacial score (nSPS) is 10.5. The lowest BCUT2D eigenvalue weighted by Crippen LogP contribution is -2.10. The largest absolute Gasteiger partial charge is 0.412 e. The van der Waals surface area contributed by atoms with Gasteiger partial charge in [-0.15, -0.1) is 12.4 Å². The van der Waals surface area contributed by atoms with Crippen LogP contribution >= 0.6 is 12.4 Å². The Hall–Kier alpha value is -1.50. The Morgan fingerprint density at radius 1 is 1.33 bits per heavy atom. The number of nitro groups is 1. The van der Waals surface area contributed by atoms with Gasteiger partial charge in [-0.2, -0.15) is 0 Å². The molecule has 0 saturated heterocycles. The second-order valence-corrected chi connectivity index (χ2v) is 2.51. The van der Waals surface area contributed by atoms with Crippen molar-refractivity contribution in [3.8, 4) is 0 Å². The summed E-state index contributed by atoms with van der Waals surface area (Å²) in [5, 5.41) is 10.3. The predicted octanol–water partition coefficient (Wildman–Crippen LogP) is 0.391. The van der Waals surface area contributed by atoms with Crippen LogP contribution in [0.4, 0.5) is 5.69 Å². The molecule has 4 N–H and O–H groups in total. The zero-order valence-electron chi connectivity index (χ0n) is 7.62. The van der Waals surface area contributed by atoms with E-state index in [-0.39, 0.29) is 23.6 Å². The minimum absolute atomic E-state index is 0. The van der Waals surface area contributed by atoms with Crippen LogP contribution in [0.2, 0.25) is 0 Å². The summed E-state index contributed by atoms with van der Waals surface area (Å²) in [5.74, 6) is 0. The van der Waals surface area contributed by atoms with Crippen molar-refractivity contribution in [2.24, 2.45) is 5.73 Å². The highest BCUT2D eigenvalue weighted by molar-refractivity contribution is 5.85. The van der Waals surface area contributed by atoms with Gasteiger partial charge in [0.05, 0.1) is 11.0 Å². The van der Waals surface area contributed by atoms with Gasteiger partial charge in [0.2, 0.25) is 0 Å². The quantitative estimate of drug-likeness (QED) is 0.462. The highest BCUT2D eigenvalue weighted by Gasteiger charge is 2.07. The Bertz CT molecular complexity index is 328. The number of non-ortho nitro benzene ring substituents is 1. The Labute approximate surface area is 91.9 Å². The lowest BCUT2D eigenvalue weighted by atomic mass is 10.1. The number of hydrogen-bond acceptors (Lipinski definition) is 4. The van der Waals surface area contributed by atoms with Gasteiger partial charge in [0.25, 0.3) is 5.69 Å². The van der Waals surface area contributed by atoms with Gasteiger partial charge >= 0.3 is 0 Å². The molecule has 15 heavy (non-hydrogen) atoms. The molecule has 0 aliphatic heterocycles. The molecule has 1 atom stereocenters. The van der Waals surface area contributed by atoms with Gasteiger partial charge in [-0.05, 0) is 5.56 Å². The molecule has 0 fully saturated rings. The number of carbonyl (C=O) groups excluding carboxylic acids is 1. The summed E-state index contributed by atoms with van der Waals surface area (Å²) in [6, 6.07) is 4.87. The summed E-state index contributed by atoms with van der Waals surface area (Å²) in [4.78, 5) is 20.0. The molecule has 0 amide bonds. The second-order valence-electron chi connectivity index (χ2n) is 2.51. The molecule has 0 aliphatic carbocycles. The van der Waals surface area contributed by atoms with E-state index in [1.807, 2.05) is 0 Å². The Balaban J connectivity index is 0. The summed E-state index contributed by atoms with van der Waals surface area (Å²) in [6.45, 7) is 0. The number of rotatable bonds is 3. The predicted molar refractivity (Wildman–Crippen MR) is 57.0 cm³/mol. The van der Waals surface area contributed by atoms with Crippen molar-refractivity contribution >= 4 is 24.4 Å². The van der Waals surface area contributed by atoms with Gasteiger partial charge < -0.3 is 16.0 Å². The first-order valence-electron chi connectivity index (χ1n) is 3.60. The second kappa shape index (κ2) is 6.88. The number of nitrogens with two attached hydrogens (primary N) is 1. The number of halogens is 1. The molecule has 6 nitrogen and oxygen atoms in total. The summed E-state index contributed by atoms with van der Waals surface area (Å²) >= 11 is 0. The summed E-state index contributed by atoms with van der Waals surface area (Å²) in [5.41, 5.74) is 5.94. The molecule has 0 saturated carbocycles. The third kappa shape index (κ3) is 4.03. The van der Waals surface area contributed by atoms with Crippen molar-refractivity contribution in [3.63, 3.8) is 0 Å². The summed E-state index contributed by atoms with van der Waals surface area (Å²) in [7, 11) is 0. The zero-order valence-corrected chi connectivity index (χ0v) is 8.44. The molecule has 0 aromatic heterocycles. The minimum atomic E-state index is -0.708. The lowest BCUT2D eigenvalue weighted by molar-refractivity contribution is -0.384.